The molecule has 2 aromatic rings. The van der Waals surface area contributed by atoms with E-state index in [1.165, 1.54) is 29.8 Å². The minimum Gasteiger partial charge on any atom is -0.497 e. The van der Waals surface area contributed by atoms with Crippen molar-refractivity contribution in [1.82, 2.24) is 4.90 Å². The van der Waals surface area contributed by atoms with Crippen LogP contribution in [0.3, 0.4) is 0 Å². The van der Waals surface area contributed by atoms with Gasteiger partial charge in [-0.2, -0.15) is 0 Å². The smallest absolute Gasteiger partial charge is 0.254 e. The van der Waals surface area contributed by atoms with Crippen LogP contribution in [0, 0.1) is 5.82 Å². The highest BCUT2D eigenvalue weighted by molar-refractivity contribution is 5.94. The zero-order chi connectivity index (χ0) is 14.8. The normalized spacial score (nSPS) is 13.7. The van der Waals surface area contributed by atoms with Gasteiger partial charge >= 0.3 is 0 Å². The van der Waals surface area contributed by atoms with Crippen LogP contribution in [0.1, 0.15) is 21.5 Å². The highest BCUT2D eigenvalue weighted by Gasteiger charge is 2.22. The molecule has 0 bridgehead atoms. The zero-order valence-corrected chi connectivity index (χ0v) is 11.8. The number of benzene rings is 2. The molecule has 0 saturated carbocycles. The van der Waals surface area contributed by atoms with Crippen molar-refractivity contribution in [3.8, 4) is 5.75 Å². The molecule has 0 spiro atoms. The third-order valence-electron chi connectivity index (χ3n) is 3.80. The summed E-state index contributed by atoms with van der Waals surface area (Å²) in [5.74, 6) is 0.450. The van der Waals surface area contributed by atoms with E-state index < -0.39 is 0 Å². The number of amides is 1. The molecule has 3 rings (SSSR count). The van der Waals surface area contributed by atoms with Crippen LogP contribution >= 0.6 is 0 Å². The first kappa shape index (κ1) is 13.6. The summed E-state index contributed by atoms with van der Waals surface area (Å²) in [6.07, 6.45) is 0.805. The van der Waals surface area contributed by atoms with E-state index in [0.29, 0.717) is 18.7 Å². The maximum Gasteiger partial charge on any atom is 0.254 e. The molecule has 21 heavy (non-hydrogen) atoms. The average Bonchev–Trinajstić information content (AvgIpc) is 2.54. The fourth-order valence-corrected chi connectivity index (χ4v) is 2.60. The maximum absolute atomic E-state index is 12.9. The van der Waals surface area contributed by atoms with Gasteiger partial charge in [-0.15, -0.1) is 0 Å². The summed E-state index contributed by atoms with van der Waals surface area (Å²) in [7, 11) is 1.65. The van der Waals surface area contributed by atoms with Crippen molar-refractivity contribution in [3.05, 3.63) is 65.0 Å². The lowest BCUT2D eigenvalue weighted by Crippen LogP contribution is -2.35. The van der Waals surface area contributed by atoms with E-state index in [9.17, 15) is 9.18 Å². The van der Waals surface area contributed by atoms with Crippen molar-refractivity contribution < 1.29 is 13.9 Å². The summed E-state index contributed by atoms with van der Waals surface area (Å²) < 4.78 is 18.1. The van der Waals surface area contributed by atoms with Crippen LogP contribution < -0.4 is 4.74 Å². The van der Waals surface area contributed by atoms with Crippen LogP contribution in [-0.4, -0.2) is 24.5 Å². The lowest BCUT2D eigenvalue weighted by Gasteiger charge is -2.29. The Morgan fingerprint density at radius 1 is 1.14 bits per heavy atom. The Hall–Kier alpha value is -2.36. The van der Waals surface area contributed by atoms with Crippen molar-refractivity contribution in [3.63, 3.8) is 0 Å². The molecule has 3 nitrogen and oxygen atoms in total. The Balaban J connectivity index is 1.79. The van der Waals surface area contributed by atoms with Crippen molar-refractivity contribution in [2.45, 2.75) is 13.0 Å². The molecule has 0 atom stereocenters. The molecule has 0 fully saturated rings. The minimum absolute atomic E-state index is 0.0588. The number of nitrogens with zero attached hydrogens (tertiary/aromatic N) is 1. The Kier molecular flexibility index (Phi) is 3.60. The predicted molar refractivity (Wildman–Crippen MR) is 77.8 cm³/mol. The number of halogens is 1. The molecule has 0 N–H and O–H groups in total. The van der Waals surface area contributed by atoms with Crippen molar-refractivity contribution in [1.29, 1.82) is 0 Å². The number of carbonyl (C=O) groups excluding carboxylic acids is 1. The summed E-state index contributed by atoms with van der Waals surface area (Å²) in [5.41, 5.74) is 2.88. The van der Waals surface area contributed by atoms with Gasteiger partial charge < -0.3 is 9.64 Å². The molecule has 2 aromatic carbocycles. The number of carbonyl (C=O) groups is 1. The van der Waals surface area contributed by atoms with Gasteiger partial charge in [0.05, 0.1) is 7.11 Å². The van der Waals surface area contributed by atoms with E-state index in [1.54, 1.807) is 12.0 Å². The van der Waals surface area contributed by atoms with E-state index in [0.717, 1.165) is 17.7 Å². The van der Waals surface area contributed by atoms with Gasteiger partial charge in [-0.05, 0) is 53.9 Å². The molecule has 4 heteroatoms. The van der Waals surface area contributed by atoms with Gasteiger partial charge in [-0.3, -0.25) is 4.79 Å². The lowest BCUT2D eigenvalue weighted by atomic mass is 9.99. The average molecular weight is 285 g/mol. The van der Waals surface area contributed by atoms with Gasteiger partial charge in [0.1, 0.15) is 11.6 Å². The molecule has 1 amide bonds. The van der Waals surface area contributed by atoms with Crippen LogP contribution in [0.5, 0.6) is 5.75 Å². The SMILES string of the molecule is COc1ccc2c(c1)CCN(C(=O)c1ccc(F)cc1)C2. The second-order valence-electron chi connectivity index (χ2n) is 5.12. The van der Waals surface area contributed by atoms with E-state index in [2.05, 4.69) is 0 Å². The Morgan fingerprint density at radius 3 is 2.62 bits per heavy atom. The highest BCUT2D eigenvalue weighted by Crippen LogP contribution is 2.24. The van der Waals surface area contributed by atoms with Crippen LogP contribution in [0.4, 0.5) is 4.39 Å². The molecule has 0 radical (unpaired) electrons. The Labute approximate surface area is 123 Å². The van der Waals surface area contributed by atoms with E-state index in [4.69, 9.17) is 4.74 Å². The van der Waals surface area contributed by atoms with E-state index in [-0.39, 0.29) is 11.7 Å². The third kappa shape index (κ3) is 2.75. The Bertz CT molecular complexity index is 667. The van der Waals surface area contributed by atoms with Gasteiger partial charge in [-0.1, -0.05) is 6.07 Å². The molecule has 0 unspecified atom stereocenters. The zero-order valence-electron chi connectivity index (χ0n) is 11.8. The van der Waals surface area contributed by atoms with Crippen molar-refractivity contribution in [2.75, 3.05) is 13.7 Å². The van der Waals surface area contributed by atoms with Crippen LogP contribution in [-0.2, 0) is 13.0 Å². The quantitative estimate of drug-likeness (QED) is 0.849. The first-order valence-corrected chi connectivity index (χ1v) is 6.88. The van der Waals surface area contributed by atoms with Gasteiger partial charge in [0.15, 0.2) is 0 Å². The summed E-state index contributed by atoms with van der Waals surface area (Å²) in [5, 5.41) is 0. The maximum atomic E-state index is 12.9. The van der Waals surface area contributed by atoms with E-state index in [1.807, 2.05) is 18.2 Å². The molecule has 1 aliphatic heterocycles. The summed E-state index contributed by atoms with van der Waals surface area (Å²) >= 11 is 0. The van der Waals surface area contributed by atoms with Gasteiger partial charge in [-0.25, -0.2) is 4.39 Å². The molecule has 0 saturated heterocycles. The van der Waals surface area contributed by atoms with E-state index >= 15 is 0 Å². The second-order valence-corrected chi connectivity index (χ2v) is 5.12. The van der Waals surface area contributed by atoms with Crippen LogP contribution in [0.15, 0.2) is 42.5 Å². The van der Waals surface area contributed by atoms with Crippen molar-refractivity contribution in [2.24, 2.45) is 0 Å². The molecule has 0 aromatic heterocycles. The molecule has 1 heterocycles. The molecule has 0 aliphatic carbocycles. The first-order chi connectivity index (χ1) is 10.2. The first-order valence-electron chi connectivity index (χ1n) is 6.88. The summed E-state index contributed by atoms with van der Waals surface area (Å²) in [4.78, 5) is 14.2. The topological polar surface area (TPSA) is 29.5 Å². The van der Waals surface area contributed by atoms with Gasteiger partial charge in [0.2, 0.25) is 0 Å². The molecule has 108 valence electrons. The number of ether oxygens (including phenoxy) is 1. The largest absolute Gasteiger partial charge is 0.497 e. The van der Waals surface area contributed by atoms with Gasteiger partial charge in [0.25, 0.3) is 5.91 Å². The number of hydrogen-bond donors (Lipinski definition) is 0. The fraction of sp³-hybridized carbons (Fsp3) is 0.235. The second kappa shape index (κ2) is 5.56. The molecular weight excluding hydrogens is 269 g/mol. The lowest BCUT2D eigenvalue weighted by molar-refractivity contribution is 0.0734. The van der Waals surface area contributed by atoms with Crippen LogP contribution in [0.25, 0.3) is 0 Å². The highest BCUT2D eigenvalue weighted by atomic mass is 19.1. The number of methoxy groups -OCH3 is 1. The molecular formula is C17H16FNO2. The fourth-order valence-electron chi connectivity index (χ4n) is 2.60. The minimum atomic E-state index is -0.331. The monoisotopic (exact) mass is 285 g/mol. The number of fused-ring (bicyclic) bond motifs is 1. The van der Waals surface area contributed by atoms with Crippen molar-refractivity contribution >= 4 is 5.91 Å². The van der Waals surface area contributed by atoms with Gasteiger partial charge in [0, 0.05) is 18.7 Å². The summed E-state index contributed by atoms with van der Waals surface area (Å²) in [6.45, 7) is 1.24. The number of rotatable bonds is 2. The standard InChI is InChI=1S/C17H16FNO2/c1-21-16-7-4-14-11-19(9-8-13(14)10-16)17(20)12-2-5-15(18)6-3-12/h2-7,10H,8-9,11H2,1H3. The number of hydrogen-bond acceptors (Lipinski definition) is 2. The Morgan fingerprint density at radius 2 is 1.90 bits per heavy atom. The van der Waals surface area contributed by atoms with Crippen LogP contribution in [0.2, 0.25) is 0 Å². The third-order valence-corrected chi connectivity index (χ3v) is 3.80. The summed E-state index contributed by atoms with van der Waals surface area (Å²) in [6, 6.07) is 11.6. The predicted octanol–water partition coefficient (Wildman–Crippen LogP) is 3.03. The molecule has 1 aliphatic rings.